The highest BCUT2D eigenvalue weighted by molar-refractivity contribution is 6.05. The number of piperidine rings is 1. The lowest BCUT2D eigenvalue weighted by molar-refractivity contribution is -0.128. The number of hydrogen-bond donors (Lipinski definition) is 1. The van der Waals surface area contributed by atoms with E-state index in [1.165, 1.54) is 6.42 Å². The number of benzene rings is 2. The van der Waals surface area contributed by atoms with Gasteiger partial charge in [0, 0.05) is 42.2 Å². The number of carbonyl (C=O) groups is 3. The molecule has 2 heterocycles. The van der Waals surface area contributed by atoms with Gasteiger partial charge in [-0.1, -0.05) is 62.6 Å². The molecule has 1 unspecified atom stereocenters. The number of rotatable bonds is 4. The minimum Gasteiger partial charge on any atom is -0.352 e. The number of amides is 3. The number of fused-ring (bicyclic) bond motifs is 2. The third-order valence-corrected chi connectivity index (χ3v) is 8.22. The first-order valence-electron chi connectivity index (χ1n) is 13.1. The van der Waals surface area contributed by atoms with Gasteiger partial charge in [-0.3, -0.25) is 19.3 Å². The molecule has 35 heavy (non-hydrogen) atoms. The fourth-order valence-electron chi connectivity index (χ4n) is 6.40. The van der Waals surface area contributed by atoms with Crippen molar-refractivity contribution in [3.05, 3.63) is 65.7 Å². The second-order valence-electron chi connectivity index (χ2n) is 10.2. The smallest absolute Gasteiger partial charge is 0.253 e. The van der Waals surface area contributed by atoms with Gasteiger partial charge in [0.05, 0.1) is 0 Å². The molecule has 0 aromatic heterocycles. The van der Waals surface area contributed by atoms with E-state index in [2.05, 4.69) is 11.4 Å². The van der Waals surface area contributed by atoms with Crippen LogP contribution in [-0.4, -0.2) is 47.8 Å². The summed E-state index contributed by atoms with van der Waals surface area (Å²) in [5.41, 5.74) is 2.11. The van der Waals surface area contributed by atoms with Crippen LogP contribution in [0, 0.1) is 0 Å². The summed E-state index contributed by atoms with van der Waals surface area (Å²) in [6.45, 7) is 2.97. The molecule has 1 aliphatic carbocycles. The van der Waals surface area contributed by atoms with Gasteiger partial charge >= 0.3 is 0 Å². The van der Waals surface area contributed by atoms with E-state index >= 15 is 0 Å². The number of para-hydroxylation sites is 1. The quantitative estimate of drug-likeness (QED) is 0.714. The Balaban J connectivity index is 1.46. The molecule has 1 N–H and O–H groups in total. The lowest BCUT2D eigenvalue weighted by Gasteiger charge is -2.44. The van der Waals surface area contributed by atoms with Crippen LogP contribution in [0.4, 0.5) is 5.69 Å². The second kappa shape index (κ2) is 9.84. The zero-order chi connectivity index (χ0) is 24.4. The molecule has 184 valence electrons. The van der Waals surface area contributed by atoms with Gasteiger partial charge in [-0.2, -0.15) is 0 Å². The van der Waals surface area contributed by atoms with E-state index in [1.54, 1.807) is 4.90 Å². The largest absolute Gasteiger partial charge is 0.352 e. The Morgan fingerprint density at radius 1 is 0.914 bits per heavy atom. The highest BCUT2D eigenvalue weighted by Crippen LogP contribution is 2.51. The van der Waals surface area contributed by atoms with Gasteiger partial charge in [0.15, 0.2) is 0 Å². The van der Waals surface area contributed by atoms with E-state index in [-0.39, 0.29) is 23.8 Å². The first kappa shape index (κ1) is 23.6. The van der Waals surface area contributed by atoms with Gasteiger partial charge in [0.2, 0.25) is 11.8 Å². The minimum absolute atomic E-state index is 0.0245. The molecule has 2 aromatic carbocycles. The van der Waals surface area contributed by atoms with Crippen LogP contribution in [0.25, 0.3) is 0 Å². The second-order valence-corrected chi connectivity index (χ2v) is 10.2. The maximum absolute atomic E-state index is 13.9. The van der Waals surface area contributed by atoms with Crippen molar-refractivity contribution in [1.82, 2.24) is 10.2 Å². The van der Waals surface area contributed by atoms with Crippen LogP contribution in [0.1, 0.15) is 74.2 Å². The van der Waals surface area contributed by atoms with Crippen LogP contribution in [0.15, 0.2) is 54.6 Å². The van der Waals surface area contributed by atoms with Crippen molar-refractivity contribution in [2.45, 2.75) is 75.8 Å². The third kappa shape index (κ3) is 4.24. The Bertz CT molecular complexity index is 1090. The summed E-state index contributed by atoms with van der Waals surface area (Å²) < 4.78 is 0. The number of hydrogen-bond acceptors (Lipinski definition) is 3. The van der Waals surface area contributed by atoms with Crippen molar-refractivity contribution in [3.8, 4) is 0 Å². The Labute approximate surface area is 207 Å². The van der Waals surface area contributed by atoms with Crippen molar-refractivity contribution >= 4 is 23.4 Å². The van der Waals surface area contributed by atoms with E-state index < -0.39 is 11.5 Å². The first-order valence-corrected chi connectivity index (χ1v) is 13.1. The number of nitrogens with zero attached hydrogens (tertiary/aromatic N) is 2. The topological polar surface area (TPSA) is 69.7 Å². The number of likely N-dealkylation sites (tertiary alicyclic amines) is 1. The molecule has 0 radical (unpaired) electrons. The molecule has 5 rings (SSSR count). The molecule has 1 saturated carbocycles. The molecule has 6 heteroatoms. The summed E-state index contributed by atoms with van der Waals surface area (Å²) in [6.07, 6.45) is 7.13. The molecule has 0 bridgehead atoms. The van der Waals surface area contributed by atoms with Crippen molar-refractivity contribution in [1.29, 1.82) is 0 Å². The average molecular weight is 474 g/mol. The first-order chi connectivity index (χ1) is 17.0. The summed E-state index contributed by atoms with van der Waals surface area (Å²) in [5.74, 6) is -0.0462. The van der Waals surface area contributed by atoms with Crippen molar-refractivity contribution in [2.24, 2.45) is 0 Å². The molecule has 6 nitrogen and oxygen atoms in total. The molecule has 1 spiro atoms. The monoisotopic (exact) mass is 473 g/mol. The SMILES string of the molecule is CCC(=O)N1c2ccccc2C2(CCN(C(=O)c3ccccc3)CC2)C1C(=O)NC1CCCCC1. The van der Waals surface area contributed by atoms with Crippen LogP contribution < -0.4 is 10.2 Å². The maximum atomic E-state index is 13.9. The predicted octanol–water partition coefficient (Wildman–Crippen LogP) is 4.43. The summed E-state index contributed by atoms with van der Waals surface area (Å²) in [4.78, 5) is 44.0. The summed E-state index contributed by atoms with van der Waals surface area (Å²) in [7, 11) is 0. The molecule has 2 aliphatic heterocycles. The molecular weight excluding hydrogens is 438 g/mol. The Hall–Kier alpha value is -3.15. The lowest BCUT2D eigenvalue weighted by Crippen LogP contribution is -2.60. The van der Waals surface area contributed by atoms with Crippen molar-refractivity contribution < 1.29 is 14.4 Å². The van der Waals surface area contributed by atoms with Crippen molar-refractivity contribution in [3.63, 3.8) is 0 Å². The Morgan fingerprint density at radius 2 is 1.57 bits per heavy atom. The van der Waals surface area contributed by atoms with E-state index in [0.29, 0.717) is 37.9 Å². The van der Waals surface area contributed by atoms with E-state index in [4.69, 9.17) is 0 Å². The highest BCUT2D eigenvalue weighted by atomic mass is 16.2. The van der Waals surface area contributed by atoms with Gasteiger partial charge in [0.1, 0.15) is 6.04 Å². The molecule has 1 atom stereocenters. The molecular formula is C29H35N3O3. The Kier molecular flexibility index (Phi) is 6.63. The molecule has 2 fully saturated rings. The van der Waals surface area contributed by atoms with Crippen LogP contribution in [0.3, 0.4) is 0 Å². The molecule has 2 aromatic rings. The predicted molar refractivity (Wildman–Crippen MR) is 136 cm³/mol. The number of carbonyl (C=O) groups excluding carboxylic acids is 3. The number of anilines is 1. The van der Waals surface area contributed by atoms with Gasteiger partial charge < -0.3 is 10.2 Å². The van der Waals surface area contributed by atoms with Crippen LogP contribution in [0.5, 0.6) is 0 Å². The van der Waals surface area contributed by atoms with Crippen LogP contribution in [0.2, 0.25) is 0 Å². The molecule has 3 aliphatic rings. The summed E-state index contributed by atoms with van der Waals surface area (Å²) in [5, 5.41) is 3.32. The third-order valence-electron chi connectivity index (χ3n) is 8.22. The molecule has 3 amide bonds. The normalized spacial score (nSPS) is 21.6. The zero-order valence-electron chi connectivity index (χ0n) is 20.5. The van der Waals surface area contributed by atoms with Crippen molar-refractivity contribution in [2.75, 3.05) is 18.0 Å². The lowest BCUT2D eigenvalue weighted by atomic mass is 9.69. The summed E-state index contributed by atoms with van der Waals surface area (Å²) in [6, 6.07) is 17.0. The highest BCUT2D eigenvalue weighted by Gasteiger charge is 2.57. The van der Waals surface area contributed by atoms with E-state index in [9.17, 15) is 14.4 Å². The van der Waals surface area contributed by atoms with Gasteiger partial charge in [-0.25, -0.2) is 0 Å². The van der Waals surface area contributed by atoms with Crippen LogP contribution in [-0.2, 0) is 15.0 Å². The van der Waals surface area contributed by atoms with Gasteiger partial charge in [-0.05, 0) is 49.4 Å². The maximum Gasteiger partial charge on any atom is 0.253 e. The standard InChI is InChI=1S/C29H35N3O3/c1-2-25(33)32-24-16-10-9-15-23(24)29(26(32)27(34)30-22-13-7-4-8-14-22)17-19-31(20-18-29)28(35)21-11-5-3-6-12-21/h3,5-6,9-12,15-16,22,26H,2,4,7-8,13-14,17-20H2,1H3,(H,30,34). The fraction of sp³-hybridized carbons (Fsp3) is 0.483. The number of nitrogens with one attached hydrogen (secondary N) is 1. The van der Waals surface area contributed by atoms with Gasteiger partial charge in [0.25, 0.3) is 5.91 Å². The van der Waals surface area contributed by atoms with Crippen LogP contribution >= 0.6 is 0 Å². The minimum atomic E-state index is -0.580. The Morgan fingerprint density at radius 3 is 2.26 bits per heavy atom. The van der Waals surface area contributed by atoms with Gasteiger partial charge in [-0.15, -0.1) is 0 Å². The fourth-order valence-corrected chi connectivity index (χ4v) is 6.40. The van der Waals surface area contributed by atoms with E-state index in [0.717, 1.165) is 36.9 Å². The molecule has 1 saturated heterocycles. The van der Waals surface area contributed by atoms with E-state index in [1.807, 2.05) is 60.4 Å². The average Bonchev–Trinajstić information content (AvgIpc) is 3.19. The zero-order valence-corrected chi connectivity index (χ0v) is 20.5. The summed E-state index contributed by atoms with van der Waals surface area (Å²) >= 11 is 0.